The molecule has 0 aliphatic carbocycles. The van der Waals surface area contributed by atoms with Crippen molar-refractivity contribution >= 4 is 11.0 Å². The Balaban J connectivity index is 1.85. The molecule has 5 heteroatoms. The van der Waals surface area contributed by atoms with Crippen molar-refractivity contribution in [2.24, 2.45) is 0 Å². The average molecular weight is 314 g/mol. The highest BCUT2D eigenvalue weighted by Gasteiger charge is 2.09. The van der Waals surface area contributed by atoms with E-state index in [0.29, 0.717) is 11.1 Å². The number of fused-ring (bicyclic) bond motifs is 1. The highest BCUT2D eigenvalue weighted by Crippen LogP contribution is 2.25. The van der Waals surface area contributed by atoms with Crippen LogP contribution in [0.25, 0.3) is 27.8 Å². The lowest BCUT2D eigenvalue weighted by molar-refractivity contribution is 0.587. The first-order valence-corrected chi connectivity index (χ1v) is 7.35. The maximum absolute atomic E-state index is 13.9. The molecule has 0 aliphatic rings. The van der Waals surface area contributed by atoms with Gasteiger partial charge in [-0.2, -0.15) is 9.65 Å². The quantitative estimate of drug-likeness (QED) is 0.523. The Kier molecular flexibility index (Phi) is 3.29. The lowest BCUT2D eigenvalue weighted by atomic mass is 10.1. The standard InChI is InChI=1S/C19H11FN4/c20-19-16(5-2-8-22-19)14-3-1-4-15(10-14)24-12-23-17-9-13(11-21)6-7-18(17)24/h1-10,12H. The number of imidazole rings is 1. The maximum Gasteiger partial charge on any atom is 0.220 e. The summed E-state index contributed by atoms with van der Waals surface area (Å²) in [7, 11) is 0. The molecule has 2 aromatic heterocycles. The molecule has 4 aromatic rings. The summed E-state index contributed by atoms with van der Waals surface area (Å²) < 4.78 is 15.8. The van der Waals surface area contributed by atoms with E-state index in [2.05, 4.69) is 16.0 Å². The average Bonchev–Trinajstić information content (AvgIpc) is 3.05. The van der Waals surface area contributed by atoms with Gasteiger partial charge in [-0.05, 0) is 48.0 Å². The molecule has 0 bridgehead atoms. The van der Waals surface area contributed by atoms with Crippen molar-refractivity contribution in [2.75, 3.05) is 0 Å². The van der Waals surface area contributed by atoms with Crippen LogP contribution in [0.1, 0.15) is 5.56 Å². The number of nitrogens with zero attached hydrogens (tertiary/aromatic N) is 4. The lowest BCUT2D eigenvalue weighted by Gasteiger charge is -2.08. The molecule has 0 spiro atoms. The van der Waals surface area contributed by atoms with E-state index in [-0.39, 0.29) is 0 Å². The number of hydrogen-bond acceptors (Lipinski definition) is 3. The van der Waals surface area contributed by atoms with Gasteiger partial charge < -0.3 is 0 Å². The van der Waals surface area contributed by atoms with Crippen molar-refractivity contribution in [1.29, 1.82) is 5.26 Å². The monoisotopic (exact) mass is 314 g/mol. The van der Waals surface area contributed by atoms with E-state index in [4.69, 9.17) is 5.26 Å². The van der Waals surface area contributed by atoms with Gasteiger partial charge in [0.1, 0.15) is 6.33 Å². The molecule has 0 unspecified atom stereocenters. The Bertz CT molecular complexity index is 1090. The van der Waals surface area contributed by atoms with Gasteiger partial charge in [0.05, 0.1) is 22.7 Å². The van der Waals surface area contributed by atoms with Crippen LogP contribution >= 0.6 is 0 Å². The molecular formula is C19H11FN4. The fourth-order valence-corrected chi connectivity index (χ4v) is 2.71. The molecule has 0 amide bonds. The minimum atomic E-state index is -0.496. The minimum absolute atomic E-state index is 0.454. The van der Waals surface area contributed by atoms with Crippen molar-refractivity contribution in [1.82, 2.24) is 14.5 Å². The molecule has 0 radical (unpaired) electrons. The lowest BCUT2D eigenvalue weighted by Crippen LogP contribution is -1.94. The molecule has 24 heavy (non-hydrogen) atoms. The Morgan fingerprint density at radius 3 is 2.75 bits per heavy atom. The van der Waals surface area contributed by atoms with Crippen molar-refractivity contribution in [3.63, 3.8) is 0 Å². The second-order valence-corrected chi connectivity index (χ2v) is 5.32. The Morgan fingerprint density at radius 1 is 1.00 bits per heavy atom. The highest BCUT2D eigenvalue weighted by molar-refractivity contribution is 5.79. The predicted octanol–water partition coefficient (Wildman–Crippen LogP) is 4.10. The normalized spacial score (nSPS) is 10.7. The topological polar surface area (TPSA) is 54.5 Å². The van der Waals surface area contributed by atoms with Crippen molar-refractivity contribution in [3.8, 4) is 22.9 Å². The first kappa shape index (κ1) is 14.1. The van der Waals surface area contributed by atoms with Gasteiger partial charge in [0.25, 0.3) is 0 Å². The van der Waals surface area contributed by atoms with Gasteiger partial charge in [-0.3, -0.25) is 4.57 Å². The number of rotatable bonds is 2. The van der Waals surface area contributed by atoms with Gasteiger partial charge in [-0.25, -0.2) is 9.97 Å². The van der Waals surface area contributed by atoms with Gasteiger partial charge in [0, 0.05) is 17.4 Å². The largest absolute Gasteiger partial charge is 0.299 e. The molecular weight excluding hydrogens is 303 g/mol. The summed E-state index contributed by atoms with van der Waals surface area (Å²) in [5.41, 5.74) is 4.26. The third-order valence-electron chi connectivity index (χ3n) is 3.87. The smallest absolute Gasteiger partial charge is 0.220 e. The number of hydrogen-bond donors (Lipinski definition) is 0. The summed E-state index contributed by atoms with van der Waals surface area (Å²) in [5, 5.41) is 8.98. The van der Waals surface area contributed by atoms with Crippen molar-refractivity contribution in [2.45, 2.75) is 0 Å². The molecule has 0 N–H and O–H groups in total. The van der Waals surface area contributed by atoms with Crippen LogP contribution in [0.2, 0.25) is 0 Å². The van der Waals surface area contributed by atoms with E-state index in [1.165, 1.54) is 6.20 Å². The summed E-state index contributed by atoms with van der Waals surface area (Å²) in [6, 6.07) is 18.4. The maximum atomic E-state index is 13.9. The Labute approximate surface area is 137 Å². The van der Waals surface area contributed by atoms with E-state index in [1.807, 2.05) is 34.9 Å². The first-order chi connectivity index (χ1) is 11.8. The molecule has 0 fully saturated rings. The third-order valence-corrected chi connectivity index (χ3v) is 3.87. The van der Waals surface area contributed by atoms with E-state index in [0.717, 1.165) is 22.3 Å². The van der Waals surface area contributed by atoms with Gasteiger partial charge in [-0.15, -0.1) is 0 Å². The summed E-state index contributed by atoms with van der Waals surface area (Å²) >= 11 is 0. The SMILES string of the molecule is N#Cc1ccc2c(c1)ncn2-c1cccc(-c2cccnc2F)c1. The molecule has 0 saturated heterocycles. The fraction of sp³-hybridized carbons (Fsp3) is 0. The van der Waals surface area contributed by atoms with E-state index < -0.39 is 5.95 Å². The van der Waals surface area contributed by atoms with Gasteiger partial charge in [-0.1, -0.05) is 12.1 Å². The van der Waals surface area contributed by atoms with Crippen LogP contribution < -0.4 is 0 Å². The molecule has 0 aliphatic heterocycles. The highest BCUT2D eigenvalue weighted by atomic mass is 19.1. The molecule has 2 aromatic carbocycles. The van der Waals surface area contributed by atoms with Gasteiger partial charge in [0.15, 0.2) is 0 Å². The number of pyridine rings is 1. The van der Waals surface area contributed by atoms with E-state index in [1.54, 1.807) is 30.6 Å². The zero-order valence-electron chi connectivity index (χ0n) is 12.5. The van der Waals surface area contributed by atoms with Crippen LogP contribution in [0.4, 0.5) is 4.39 Å². The zero-order chi connectivity index (χ0) is 16.5. The Morgan fingerprint density at radius 2 is 1.92 bits per heavy atom. The van der Waals surface area contributed by atoms with Gasteiger partial charge in [0.2, 0.25) is 5.95 Å². The summed E-state index contributed by atoms with van der Waals surface area (Å²) in [4.78, 5) is 8.05. The van der Waals surface area contributed by atoms with E-state index in [9.17, 15) is 4.39 Å². The van der Waals surface area contributed by atoms with Crippen LogP contribution in [0, 0.1) is 17.3 Å². The van der Waals surface area contributed by atoms with Crippen LogP contribution in [0.5, 0.6) is 0 Å². The molecule has 0 saturated carbocycles. The van der Waals surface area contributed by atoms with Gasteiger partial charge >= 0.3 is 0 Å². The second kappa shape index (κ2) is 5.60. The Hall–Kier alpha value is -3.52. The van der Waals surface area contributed by atoms with Crippen LogP contribution in [0.15, 0.2) is 67.1 Å². The second-order valence-electron chi connectivity index (χ2n) is 5.32. The summed E-state index contributed by atoms with van der Waals surface area (Å²) in [6.45, 7) is 0. The first-order valence-electron chi connectivity index (χ1n) is 7.35. The number of benzene rings is 2. The fourth-order valence-electron chi connectivity index (χ4n) is 2.71. The molecule has 114 valence electrons. The third kappa shape index (κ3) is 2.31. The van der Waals surface area contributed by atoms with Crippen LogP contribution in [0.3, 0.4) is 0 Å². The predicted molar refractivity (Wildman–Crippen MR) is 89.0 cm³/mol. The summed E-state index contributed by atoms with van der Waals surface area (Å²) in [5.74, 6) is -0.496. The zero-order valence-corrected chi connectivity index (χ0v) is 12.5. The molecule has 4 rings (SSSR count). The number of halogens is 1. The summed E-state index contributed by atoms with van der Waals surface area (Å²) in [6.07, 6.45) is 3.13. The van der Waals surface area contributed by atoms with Crippen molar-refractivity contribution < 1.29 is 4.39 Å². The van der Waals surface area contributed by atoms with E-state index >= 15 is 0 Å². The molecule has 4 nitrogen and oxygen atoms in total. The molecule has 0 atom stereocenters. The number of nitriles is 1. The minimum Gasteiger partial charge on any atom is -0.299 e. The molecule has 2 heterocycles. The van der Waals surface area contributed by atoms with Crippen molar-refractivity contribution in [3.05, 3.63) is 78.6 Å². The van der Waals surface area contributed by atoms with Crippen LogP contribution in [-0.4, -0.2) is 14.5 Å². The number of aromatic nitrogens is 3. The van der Waals surface area contributed by atoms with Crippen LogP contribution in [-0.2, 0) is 0 Å².